The van der Waals surface area contributed by atoms with Crippen LogP contribution in [0.5, 0.6) is 0 Å². The number of hydrogen-bond donors (Lipinski definition) is 3. The van der Waals surface area contributed by atoms with Gasteiger partial charge >= 0.3 is 5.97 Å². The van der Waals surface area contributed by atoms with E-state index >= 15 is 0 Å². The monoisotopic (exact) mass is 420 g/mol. The number of rotatable bonds is 7. The Labute approximate surface area is 178 Å². The molecule has 3 aromatic rings. The van der Waals surface area contributed by atoms with Gasteiger partial charge in [-0.3, -0.25) is 9.59 Å². The van der Waals surface area contributed by atoms with Crippen LogP contribution in [0, 0.1) is 0 Å². The van der Waals surface area contributed by atoms with Gasteiger partial charge in [-0.1, -0.05) is 30.3 Å². The second-order valence-corrected chi connectivity index (χ2v) is 7.91. The summed E-state index contributed by atoms with van der Waals surface area (Å²) in [4.78, 5) is 35.5. The minimum absolute atomic E-state index is 0.105. The molecule has 0 bridgehead atoms. The Balaban J connectivity index is 1.56. The molecule has 0 aliphatic rings. The highest BCUT2D eigenvalue weighted by molar-refractivity contribution is 8.00. The molecule has 2 amide bonds. The SMILES string of the molecule is CC(Sc1ccc(NC(=O)/C=C/C(=O)O)cc1)C(=O)Nc1ccc2ccccc2c1. The highest BCUT2D eigenvalue weighted by Crippen LogP contribution is 2.26. The van der Waals surface area contributed by atoms with Crippen LogP contribution in [0.2, 0.25) is 0 Å². The molecular weight excluding hydrogens is 400 g/mol. The molecule has 3 aromatic carbocycles. The summed E-state index contributed by atoms with van der Waals surface area (Å²) >= 11 is 1.40. The van der Waals surface area contributed by atoms with Crippen LogP contribution in [0.15, 0.2) is 83.8 Å². The van der Waals surface area contributed by atoms with Crippen LogP contribution in [0.4, 0.5) is 11.4 Å². The maximum atomic E-state index is 12.5. The summed E-state index contributed by atoms with van der Waals surface area (Å²) in [5.74, 6) is -1.82. The number of aliphatic carboxylic acids is 1. The minimum atomic E-state index is -1.19. The maximum absolute atomic E-state index is 12.5. The van der Waals surface area contributed by atoms with Gasteiger partial charge in [0, 0.05) is 28.4 Å². The van der Waals surface area contributed by atoms with Gasteiger partial charge in [0.1, 0.15) is 0 Å². The van der Waals surface area contributed by atoms with E-state index in [1.54, 1.807) is 24.3 Å². The van der Waals surface area contributed by atoms with E-state index < -0.39 is 11.9 Å². The predicted octanol–water partition coefficient (Wildman–Crippen LogP) is 4.54. The molecule has 1 unspecified atom stereocenters. The molecule has 0 fully saturated rings. The number of amides is 2. The van der Waals surface area contributed by atoms with Crippen molar-refractivity contribution in [2.24, 2.45) is 0 Å². The Morgan fingerprint density at radius 1 is 0.867 bits per heavy atom. The van der Waals surface area contributed by atoms with E-state index in [0.29, 0.717) is 5.69 Å². The average Bonchev–Trinajstić information content (AvgIpc) is 2.73. The largest absolute Gasteiger partial charge is 0.478 e. The van der Waals surface area contributed by atoms with Gasteiger partial charge in [-0.2, -0.15) is 0 Å². The van der Waals surface area contributed by atoms with E-state index in [2.05, 4.69) is 10.6 Å². The van der Waals surface area contributed by atoms with Gasteiger partial charge in [0.25, 0.3) is 0 Å². The molecule has 7 heteroatoms. The van der Waals surface area contributed by atoms with Crippen molar-refractivity contribution in [1.82, 2.24) is 0 Å². The minimum Gasteiger partial charge on any atom is -0.478 e. The Hall–Kier alpha value is -3.58. The topological polar surface area (TPSA) is 95.5 Å². The molecule has 3 N–H and O–H groups in total. The van der Waals surface area contributed by atoms with Gasteiger partial charge in [0.15, 0.2) is 0 Å². The summed E-state index contributed by atoms with van der Waals surface area (Å²) in [6.07, 6.45) is 1.72. The number of fused-ring (bicyclic) bond motifs is 1. The summed E-state index contributed by atoms with van der Waals surface area (Å²) in [5, 5.41) is 15.9. The molecule has 0 saturated carbocycles. The van der Waals surface area contributed by atoms with E-state index in [0.717, 1.165) is 33.5 Å². The summed E-state index contributed by atoms with van der Waals surface area (Å²) in [7, 11) is 0. The van der Waals surface area contributed by atoms with Crippen molar-refractivity contribution in [3.8, 4) is 0 Å². The van der Waals surface area contributed by atoms with E-state index in [-0.39, 0.29) is 11.2 Å². The summed E-state index contributed by atoms with van der Waals surface area (Å²) in [6, 6.07) is 20.7. The zero-order valence-corrected chi connectivity index (χ0v) is 17.0. The van der Waals surface area contributed by atoms with E-state index in [9.17, 15) is 14.4 Å². The summed E-state index contributed by atoms with van der Waals surface area (Å²) in [5.41, 5.74) is 1.28. The Morgan fingerprint density at radius 3 is 2.23 bits per heavy atom. The molecule has 0 saturated heterocycles. The molecule has 0 heterocycles. The summed E-state index contributed by atoms with van der Waals surface area (Å²) in [6.45, 7) is 1.83. The lowest BCUT2D eigenvalue weighted by Crippen LogP contribution is -2.22. The molecule has 30 heavy (non-hydrogen) atoms. The van der Waals surface area contributed by atoms with Gasteiger partial charge in [-0.25, -0.2) is 4.79 Å². The number of nitrogens with one attached hydrogen (secondary N) is 2. The molecule has 152 valence electrons. The number of carbonyl (C=O) groups excluding carboxylic acids is 2. The third-order valence-corrected chi connectivity index (χ3v) is 5.31. The predicted molar refractivity (Wildman–Crippen MR) is 120 cm³/mol. The van der Waals surface area contributed by atoms with Crippen molar-refractivity contribution in [1.29, 1.82) is 0 Å². The number of benzene rings is 3. The van der Waals surface area contributed by atoms with Gasteiger partial charge in [-0.15, -0.1) is 11.8 Å². The Kier molecular flexibility index (Phi) is 6.87. The number of anilines is 2. The van der Waals surface area contributed by atoms with Crippen LogP contribution >= 0.6 is 11.8 Å². The number of carboxylic acids is 1. The normalized spacial score (nSPS) is 11.9. The number of carbonyl (C=O) groups is 3. The standard InChI is InChI=1S/C23H20N2O4S/c1-15(23(29)25-19-7-6-16-4-2-3-5-17(16)14-19)30-20-10-8-18(9-11-20)24-21(26)12-13-22(27)28/h2-15H,1H3,(H,24,26)(H,25,29)(H,27,28)/b13-12+. The fourth-order valence-electron chi connectivity index (χ4n) is 2.72. The first-order chi connectivity index (χ1) is 14.4. The quantitative estimate of drug-likeness (QED) is 0.385. The zero-order valence-electron chi connectivity index (χ0n) is 16.2. The Morgan fingerprint density at radius 2 is 1.53 bits per heavy atom. The van der Waals surface area contributed by atoms with Crippen LogP contribution in [-0.4, -0.2) is 28.1 Å². The molecule has 0 aliphatic heterocycles. The van der Waals surface area contributed by atoms with Crippen LogP contribution in [-0.2, 0) is 14.4 Å². The number of thioether (sulfide) groups is 1. The molecule has 0 radical (unpaired) electrons. The molecule has 6 nitrogen and oxygen atoms in total. The van der Waals surface area contributed by atoms with Crippen molar-refractivity contribution < 1.29 is 19.5 Å². The van der Waals surface area contributed by atoms with Gasteiger partial charge < -0.3 is 15.7 Å². The molecular formula is C23H20N2O4S. The second-order valence-electron chi connectivity index (χ2n) is 6.50. The van der Waals surface area contributed by atoms with Crippen molar-refractivity contribution in [3.05, 3.63) is 78.9 Å². The van der Waals surface area contributed by atoms with Crippen LogP contribution in [0.3, 0.4) is 0 Å². The molecule has 0 aromatic heterocycles. The fraction of sp³-hybridized carbons (Fsp3) is 0.0870. The average molecular weight is 420 g/mol. The lowest BCUT2D eigenvalue weighted by Gasteiger charge is -2.13. The van der Waals surface area contributed by atoms with Gasteiger partial charge in [0.2, 0.25) is 11.8 Å². The zero-order chi connectivity index (χ0) is 21.5. The Bertz CT molecular complexity index is 1110. The van der Waals surface area contributed by atoms with Crippen molar-refractivity contribution in [2.75, 3.05) is 10.6 Å². The van der Waals surface area contributed by atoms with Crippen molar-refractivity contribution in [3.63, 3.8) is 0 Å². The van der Waals surface area contributed by atoms with Crippen LogP contribution in [0.25, 0.3) is 10.8 Å². The fourth-order valence-corrected chi connectivity index (χ4v) is 3.58. The van der Waals surface area contributed by atoms with Crippen LogP contribution < -0.4 is 10.6 Å². The third kappa shape index (κ3) is 5.96. The third-order valence-electron chi connectivity index (χ3n) is 4.20. The van der Waals surface area contributed by atoms with E-state index in [1.165, 1.54) is 11.8 Å². The lowest BCUT2D eigenvalue weighted by molar-refractivity contribution is -0.131. The number of hydrogen-bond acceptors (Lipinski definition) is 4. The smallest absolute Gasteiger partial charge is 0.328 e. The highest BCUT2D eigenvalue weighted by atomic mass is 32.2. The van der Waals surface area contributed by atoms with Crippen molar-refractivity contribution >= 4 is 51.7 Å². The van der Waals surface area contributed by atoms with E-state index in [4.69, 9.17) is 5.11 Å². The van der Waals surface area contributed by atoms with E-state index in [1.807, 2.05) is 49.4 Å². The highest BCUT2D eigenvalue weighted by Gasteiger charge is 2.15. The molecule has 0 aliphatic carbocycles. The maximum Gasteiger partial charge on any atom is 0.328 e. The van der Waals surface area contributed by atoms with Crippen LogP contribution in [0.1, 0.15) is 6.92 Å². The molecule has 3 rings (SSSR count). The summed E-state index contributed by atoms with van der Waals surface area (Å²) < 4.78 is 0. The first kappa shape index (κ1) is 21.1. The molecule has 0 spiro atoms. The number of carboxylic acid groups (broad SMARTS) is 1. The van der Waals surface area contributed by atoms with Gasteiger partial charge in [0.05, 0.1) is 5.25 Å². The lowest BCUT2D eigenvalue weighted by atomic mass is 10.1. The first-order valence-corrected chi connectivity index (χ1v) is 10.1. The second kappa shape index (κ2) is 9.76. The van der Waals surface area contributed by atoms with Crippen molar-refractivity contribution in [2.45, 2.75) is 17.1 Å². The first-order valence-electron chi connectivity index (χ1n) is 9.19. The molecule has 1 atom stereocenters. The van der Waals surface area contributed by atoms with Gasteiger partial charge in [-0.05, 0) is 54.1 Å².